The van der Waals surface area contributed by atoms with Gasteiger partial charge in [0.25, 0.3) is 0 Å². The number of imidazole rings is 1. The summed E-state index contributed by atoms with van der Waals surface area (Å²) < 4.78 is 2.12. The molecule has 0 spiro atoms. The van der Waals surface area contributed by atoms with E-state index in [2.05, 4.69) is 55.4 Å². The van der Waals surface area contributed by atoms with Crippen LogP contribution in [0.15, 0.2) is 36.9 Å². The Balaban J connectivity index is 0.00000180. The Morgan fingerprint density at radius 2 is 1.84 bits per heavy atom. The maximum atomic E-state index is 4.10. The van der Waals surface area contributed by atoms with E-state index in [9.17, 15) is 0 Å². The molecule has 0 amide bonds. The van der Waals surface area contributed by atoms with E-state index in [0.29, 0.717) is 11.8 Å². The van der Waals surface area contributed by atoms with Crippen LogP contribution >= 0.6 is 12.4 Å². The van der Waals surface area contributed by atoms with Gasteiger partial charge in [-0.05, 0) is 28.5 Å². The fourth-order valence-corrected chi connectivity index (χ4v) is 2.23. The summed E-state index contributed by atoms with van der Waals surface area (Å²) >= 11 is 0. The number of benzene rings is 1. The molecule has 0 aliphatic heterocycles. The van der Waals surface area contributed by atoms with Gasteiger partial charge < -0.3 is 4.57 Å². The average Bonchev–Trinajstić information content (AvgIpc) is 2.81. The number of aromatic nitrogens is 2. The third-order valence-electron chi connectivity index (χ3n) is 3.37. The van der Waals surface area contributed by atoms with Gasteiger partial charge in [-0.2, -0.15) is 0 Å². The third kappa shape index (κ3) is 3.84. The van der Waals surface area contributed by atoms with E-state index in [1.165, 1.54) is 16.7 Å². The highest BCUT2D eigenvalue weighted by atomic mass is 35.5. The predicted molar refractivity (Wildman–Crippen MR) is 83.2 cm³/mol. The van der Waals surface area contributed by atoms with Crippen LogP contribution in [0, 0.1) is 0 Å². The molecule has 0 unspecified atom stereocenters. The van der Waals surface area contributed by atoms with Gasteiger partial charge in [-0.3, -0.25) is 0 Å². The first-order valence-electron chi connectivity index (χ1n) is 6.66. The van der Waals surface area contributed by atoms with E-state index >= 15 is 0 Å². The molecule has 2 aromatic rings. The summed E-state index contributed by atoms with van der Waals surface area (Å²) in [6.45, 7) is 9.92. The van der Waals surface area contributed by atoms with Crippen molar-refractivity contribution in [3.63, 3.8) is 0 Å². The molecule has 0 fully saturated rings. The van der Waals surface area contributed by atoms with Gasteiger partial charge in [0.15, 0.2) is 0 Å². The SMILES string of the molecule is CC(C)c1ccc(Cn2ccnc2)c(C(C)C)c1.Cl. The normalized spacial score (nSPS) is 10.8. The van der Waals surface area contributed by atoms with Crippen LogP contribution in [-0.4, -0.2) is 9.55 Å². The lowest BCUT2D eigenvalue weighted by molar-refractivity contribution is 0.756. The maximum Gasteiger partial charge on any atom is 0.0949 e. The molecule has 0 saturated heterocycles. The van der Waals surface area contributed by atoms with Crippen LogP contribution in [-0.2, 0) is 6.54 Å². The van der Waals surface area contributed by atoms with Crippen LogP contribution in [0.5, 0.6) is 0 Å². The number of halogens is 1. The number of hydrogen-bond acceptors (Lipinski definition) is 1. The summed E-state index contributed by atoms with van der Waals surface area (Å²) in [7, 11) is 0. The number of hydrogen-bond donors (Lipinski definition) is 0. The van der Waals surface area contributed by atoms with Gasteiger partial charge in [-0.15, -0.1) is 12.4 Å². The van der Waals surface area contributed by atoms with Gasteiger partial charge >= 0.3 is 0 Å². The van der Waals surface area contributed by atoms with Gasteiger partial charge in [0.1, 0.15) is 0 Å². The molecule has 1 aromatic carbocycles. The minimum absolute atomic E-state index is 0. The van der Waals surface area contributed by atoms with Crippen LogP contribution in [0.25, 0.3) is 0 Å². The molecule has 104 valence electrons. The fourth-order valence-electron chi connectivity index (χ4n) is 2.23. The molecule has 0 bridgehead atoms. The molecule has 1 heterocycles. The molecule has 0 atom stereocenters. The lowest BCUT2D eigenvalue weighted by Gasteiger charge is -2.16. The highest BCUT2D eigenvalue weighted by Gasteiger charge is 2.09. The summed E-state index contributed by atoms with van der Waals surface area (Å²) in [6, 6.07) is 6.88. The van der Waals surface area contributed by atoms with Crippen molar-refractivity contribution in [3.8, 4) is 0 Å². The molecule has 0 aliphatic rings. The summed E-state index contributed by atoms with van der Waals surface area (Å²) in [6.07, 6.45) is 5.72. The topological polar surface area (TPSA) is 17.8 Å². The smallest absolute Gasteiger partial charge is 0.0949 e. The molecule has 19 heavy (non-hydrogen) atoms. The minimum Gasteiger partial charge on any atom is -0.333 e. The summed E-state index contributed by atoms with van der Waals surface area (Å²) in [4.78, 5) is 4.10. The van der Waals surface area contributed by atoms with E-state index in [0.717, 1.165) is 6.54 Å². The van der Waals surface area contributed by atoms with Crippen molar-refractivity contribution in [2.24, 2.45) is 0 Å². The van der Waals surface area contributed by atoms with Gasteiger partial charge in [-0.25, -0.2) is 4.98 Å². The predicted octanol–water partition coefficient (Wildman–Crippen LogP) is 4.60. The third-order valence-corrected chi connectivity index (χ3v) is 3.37. The second-order valence-electron chi connectivity index (χ2n) is 5.50. The van der Waals surface area contributed by atoms with Crippen LogP contribution in [0.1, 0.15) is 56.2 Å². The van der Waals surface area contributed by atoms with Crippen molar-refractivity contribution in [1.82, 2.24) is 9.55 Å². The van der Waals surface area contributed by atoms with E-state index in [1.54, 1.807) is 0 Å². The van der Waals surface area contributed by atoms with Crippen molar-refractivity contribution in [2.45, 2.75) is 46.1 Å². The van der Waals surface area contributed by atoms with Gasteiger partial charge in [-0.1, -0.05) is 45.9 Å². The zero-order valence-corrected chi connectivity index (χ0v) is 12.9. The van der Waals surface area contributed by atoms with Crippen LogP contribution in [0.2, 0.25) is 0 Å². The van der Waals surface area contributed by atoms with Crippen molar-refractivity contribution in [1.29, 1.82) is 0 Å². The Bertz CT molecular complexity index is 501. The average molecular weight is 279 g/mol. The first kappa shape index (κ1) is 15.8. The van der Waals surface area contributed by atoms with E-state index in [-0.39, 0.29) is 12.4 Å². The molecule has 0 N–H and O–H groups in total. The zero-order valence-electron chi connectivity index (χ0n) is 12.1. The monoisotopic (exact) mass is 278 g/mol. The highest BCUT2D eigenvalue weighted by molar-refractivity contribution is 5.85. The molecular formula is C16H23ClN2. The summed E-state index contributed by atoms with van der Waals surface area (Å²) in [5.74, 6) is 1.15. The maximum absolute atomic E-state index is 4.10. The van der Waals surface area contributed by atoms with Crippen LogP contribution in [0.4, 0.5) is 0 Å². The first-order valence-corrected chi connectivity index (χ1v) is 6.66. The van der Waals surface area contributed by atoms with E-state index < -0.39 is 0 Å². The molecule has 2 rings (SSSR count). The van der Waals surface area contributed by atoms with Gasteiger partial charge in [0.05, 0.1) is 6.33 Å². The Hall–Kier alpha value is -1.28. The molecule has 3 heteroatoms. The lowest BCUT2D eigenvalue weighted by Crippen LogP contribution is -2.04. The Morgan fingerprint density at radius 1 is 1.11 bits per heavy atom. The largest absolute Gasteiger partial charge is 0.333 e. The highest BCUT2D eigenvalue weighted by Crippen LogP contribution is 2.25. The van der Waals surface area contributed by atoms with Crippen molar-refractivity contribution >= 4 is 12.4 Å². The summed E-state index contributed by atoms with van der Waals surface area (Å²) in [5.41, 5.74) is 4.27. The minimum atomic E-state index is 0. The standard InChI is InChI=1S/C16H22N2.ClH/c1-12(2)14-5-6-15(16(9-14)13(3)4)10-18-8-7-17-11-18;/h5-9,11-13H,10H2,1-4H3;1H. The fraction of sp³-hybridized carbons (Fsp3) is 0.438. The first-order chi connectivity index (χ1) is 8.58. The zero-order chi connectivity index (χ0) is 13.1. The van der Waals surface area contributed by atoms with Crippen molar-refractivity contribution in [3.05, 3.63) is 53.6 Å². The molecular weight excluding hydrogens is 256 g/mol. The molecule has 0 aliphatic carbocycles. The second-order valence-corrected chi connectivity index (χ2v) is 5.50. The van der Waals surface area contributed by atoms with Crippen LogP contribution < -0.4 is 0 Å². The summed E-state index contributed by atoms with van der Waals surface area (Å²) in [5, 5.41) is 0. The number of nitrogens with zero attached hydrogens (tertiary/aromatic N) is 2. The molecule has 1 aromatic heterocycles. The second kappa shape index (κ2) is 6.76. The van der Waals surface area contributed by atoms with Crippen LogP contribution in [0.3, 0.4) is 0 Å². The molecule has 0 radical (unpaired) electrons. The number of rotatable bonds is 4. The van der Waals surface area contributed by atoms with Gasteiger partial charge in [0.2, 0.25) is 0 Å². The Morgan fingerprint density at radius 3 is 2.37 bits per heavy atom. The van der Waals surface area contributed by atoms with Crippen molar-refractivity contribution < 1.29 is 0 Å². The quantitative estimate of drug-likeness (QED) is 0.799. The van der Waals surface area contributed by atoms with E-state index in [4.69, 9.17) is 0 Å². The lowest BCUT2D eigenvalue weighted by atomic mass is 9.91. The Labute approximate surface area is 122 Å². The van der Waals surface area contributed by atoms with Gasteiger partial charge in [0, 0.05) is 18.9 Å². The Kier molecular flexibility index (Phi) is 5.61. The van der Waals surface area contributed by atoms with Crippen molar-refractivity contribution in [2.75, 3.05) is 0 Å². The molecule has 0 saturated carbocycles. The molecule has 2 nitrogen and oxygen atoms in total. The van der Waals surface area contributed by atoms with E-state index in [1.807, 2.05) is 18.7 Å².